The second-order valence-corrected chi connectivity index (χ2v) is 4.58. The van der Waals surface area contributed by atoms with E-state index >= 15 is 0 Å². The second kappa shape index (κ2) is 8.52. The van der Waals surface area contributed by atoms with E-state index in [0.29, 0.717) is 26.2 Å². The van der Waals surface area contributed by atoms with Crippen LogP contribution in [0.2, 0.25) is 0 Å². The van der Waals surface area contributed by atoms with E-state index in [9.17, 15) is 23.3 Å². The third-order valence-electron chi connectivity index (χ3n) is 3.25. The highest BCUT2D eigenvalue weighted by atomic mass is 35.5. The van der Waals surface area contributed by atoms with Crippen LogP contribution in [0, 0.1) is 10.1 Å². The predicted octanol–water partition coefficient (Wildman–Crippen LogP) is 2.95. The molecule has 2 rings (SSSR count). The monoisotopic (exact) mass is 361 g/mol. The maximum Gasteiger partial charge on any atom is 0.408 e. The molecule has 5 nitrogen and oxygen atoms in total. The lowest BCUT2D eigenvalue weighted by Crippen LogP contribution is -2.49. The number of nitrogens with zero attached hydrogens (tertiary/aromatic N) is 2. The first-order valence-electron chi connectivity index (χ1n) is 6.15. The van der Waals surface area contributed by atoms with Gasteiger partial charge in [-0.2, -0.15) is 13.2 Å². The number of nitrogens with one attached hydrogen (secondary N) is 1. The van der Waals surface area contributed by atoms with E-state index in [1.54, 1.807) is 0 Å². The van der Waals surface area contributed by atoms with E-state index in [1.165, 1.54) is 17.0 Å². The van der Waals surface area contributed by atoms with E-state index in [-0.39, 0.29) is 36.1 Å². The van der Waals surface area contributed by atoms with Gasteiger partial charge in [-0.25, -0.2) is 0 Å². The first kappa shape index (κ1) is 20.9. The van der Waals surface area contributed by atoms with Gasteiger partial charge in [-0.3, -0.25) is 15.0 Å². The van der Waals surface area contributed by atoms with E-state index in [2.05, 4.69) is 5.32 Å². The van der Waals surface area contributed by atoms with Crippen molar-refractivity contribution >= 4 is 30.5 Å². The summed E-state index contributed by atoms with van der Waals surface area (Å²) >= 11 is 0. The Morgan fingerprint density at radius 3 is 2.05 bits per heavy atom. The van der Waals surface area contributed by atoms with Crippen molar-refractivity contribution < 1.29 is 18.1 Å². The first-order chi connectivity index (χ1) is 9.39. The number of rotatable bonds is 3. The predicted molar refractivity (Wildman–Crippen MR) is 80.8 cm³/mol. The molecule has 1 saturated heterocycles. The molecule has 1 N–H and O–H groups in total. The lowest BCUT2D eigenvalue weighted by atomic mass is 10.0. The minimum Gasteiger partial charge on any atom is -0.314 e. The van der Waals surface area contributed by atoms with Crippen molar-refractivity contribution in [2.24, 2.45) is 0 Å². The standard InChI is InChI=1S/C12H14F3N3O2.2ClH/c13-12(14,15)11(17-7-5-16-6-8-17)9-1-3-10(4-2-9)18(19)20;;/h1-4,11,16H,5-8H2;2*1H/t11-;;/m0../s1. The summed E-state index contributed by atoms with van der Waals surface area (Å²) < 4.78 is 39.8. The van der Waals surface area contributed by atoms with Crippen molar-refractivity contribution in [1.29, 1.82) is 0 Å². The van der Waals surface area contributed by atoms with Crippen molar-refractivity contribution in [3.63, 3.8) is 0 Å². The van der Waals surface area contributed by atoms with E-state index in [4.69, 9.17) is 0 Å². The fourth-order valence-corrected chi connectivity index (χ4v) is 2.33. The summed E-state index contributed by atoms with van der Waals surface area (Å²) in [4.78, 5) is 11.3. The van der Waals surface area contributed by atoms with Crippen molar-refractivity contribution in [2.75, 3.05) is 26.2 Å². The van der Waals surface area contributed by atoms with E-state index < -0.39 is 17.1 Å². The van der Waals surface area contributed by atoms with Gasteiger partial charge in [0.15, 0.2) is 0 Å². The van der Waals surface area contributed by atoms with Gasteiger partial charge in [-0.1, -0.05) is 12.1 Å². The van der Waals surface area contributed by atoms with Crippen LogP contribution in [0.3, 0.4) is 0 Å². The molecule has 0 bridgehead atoms. The van der Waals surface area contributed by atoms with Crippen LogP contribution in [0.5, 0.6) is 0 Å². The Morgan fingerprint density at radius 2 is 1.64 bits per heavy atom. The maximum absolute atomic E-state index is 13.3. The summed E-state index contributed by atoms with van der Waals surface area (Å²) in [5.74, 6) is 0. The van der Waals surface area contributed by atoms with Crippen LogP contribution in [-0.2, 0) is 0 Å². The van der Waals surface area contributed by atoms with Gasteiger partial charge in [0.05, 0.1) is 4.92 Å². The molecule has 0 amide bonds. The summed E-state index contributed by atoms with van der Waals surface area (Å²) in [5.41, 5.74) is -0.181. The number of alkyl halides is 3. The Morgan fingerprint density at radius 1 is 1.14 bits per heavy atom. The normalized spacial score (nSPS) is 17.0. The molecule has 1 atom stereocenters. The van der Waals surface area contributed by atoms with Gasteiger partial charge in [-0.15, -0.1) is 24.8 Å². The van der Waals surface area contributed by atoms with Gasteiger partial charge < -0.3 is 5.32 Å². The third kappa shape index (κ3) is 4.98. The first-order valence-corrected chi connectivity index (χ1v) is 6.15. The minimum absolute atomic E-state index is 0. The Kier molecular flexibility index (Phi) is 8.10. The number of non-ortho nitro benzene ring substituents is 1. The minimum atomic E-state index is -4.41. The number of piperazine rings is 1. The Bertz CT molecular complexity index is 479. The van der Waals surface area contributed by atoms with Gasteiger partial charge >= 0.3 is 6.18 Å². The Hall–Kier alpha value is -1.09. The number of hydrogen-bond donors (Lipinski definition) is 1. The number of nitro groups is 1. The summed E-state index contributed by atoms with van der Waals surface area (Å²) in [6.45, 7) is 1.58. The molecule has 1 heterocycles. The fourth-order valence-electron chi connectivity index (χ4n) is 2.33. The Labute approximate surface area is 137 Å². The van der Waals surface area contributed by atoms with Crippen molar-refractivity contribution in [2.45, 2.75) is 12.2 Å². The summed E-state index contributed by atoms with van der Waals surface area (Å²) in [6, 6.07) is 2.86. The quantitative estimate of drug-likeness (QED) is 0.664. The van der Waals surface area contributed by atoms with Crippen LogP contribution in [0.15, 0.2) is 24.3 Å². The van der Waals surface area contributed by atoms with E-state index in [0.717, 1.165) is 12.1 Å². The molecular weight excluding hydrogens is 346 g/mol. The molecule has 0 aromatic heterocycles. The van der Waals surface area contributed by atoms with Crippen LogP contribution in [0.4, 0.5) is 18.9 Å². The van der Waals surface area contributed by atoms with Gasteiger partial charge in [0, 0.05) is 38.3 Å². The highest BCUT2D eigenvalue weighted by Crippen LogP contribution is 2.38. The molecular formula is C12H16Cl2F3N3O2. The molecule has 0 spiro atoms. The molecule has 1 aromatic rings. The maximum atomic E-state index is 13.3. The topological polar surface area (TPSA) is 58.4 Å². The van der Waals surface area contributed by atoms with Crippen LogP contribution in [0.25, 0.3) is 0 Å². The van der Waals surface area contributed by atoms with Crippen LogP contribution < -0.4 is 5.32 Å². The second-order valence-electron chi connectivity index (χ2n) is 4.58. The molecule has 0 aliphatic carbocycles. The number of nitro benzene ring substituents is 1. The SMILES string of the molecule is Cl.Cl.O=[N+]([O-])c1ccc([C@H](N2CCNCC2)C(F)(F)F)cc1. The number of benzene rings is 1. The van der Waals surface area contributed by atoms with Gasteiger partial charge in [0.25, 0.3) is 5.69 Å². The molecule has 22 heavy (non-hydrogen) atoms. The lowest BCUT2D eigenvalue weighted by molar-refractivity contribution is -0.384. The molecule has 1 aliphatic heterocycles. The third-order valence-corrected chi connectivity index (χ3v) is 3.25. The molecule has 0 radical (unpaired) electrons. The van der Waals surface area contributed by atoms with Crippen LogP contribution >= 0.6 is 24.8 Å². The smallest absolute Gasteiger partial charge is 0.314 e. The zero-order valence-corrected chi connectivity index (χ0v) is 13.0. The fraction of sp³-hybridized carbons (Fsp3) is 0.500. The molecule has 1 fully saturated rings. The summed E-state index contributed by atoms with van der Waals surface area (Å²) in [7, 11) is 0. The van der Waals surface area contributed by atoms with Gasteiger partial charge in [-0.05, 0) is 5.56 Å². The van der Waals surface area contributed by atoms with Crippen molar-refractivity contribution in [1.82, 2.24) is 10.2 Å². The highest BCUT2D eigenvalue weighted by molar-refractivity contribution is 5.85. The summed E-state index contributed by atoms with van der Waals surface area (Å²) in [6.07, 6.45) is -4.41. The molecule has 10 heteroatoms. The largest absolute Gasteiger partial charge is 0.408 e. The molecule has 1 aromatic carbocycles. The van der Waals surface area contributed by atoms with E-state index in [1.807, 2.05) is 0 Å². The molecule has 1 aliphatic rings. The van der Waals surface area contributed by atoms with Gasteiger partial charge in [0.2, 0.25) is 0 Å². The van der Waals surface area contributed by atoms with Crippen molar-refractivity contribution in [3.05, 3.63) is 39.9 Å². The van der Waals surface area contributed by atoms with Gasteiger partial charge in [0.1, 0.15) is 6.04 Å². The zero-order valence-electron chi connectivity index (χ0n) is 11.4. The molecule has 126 valence electrons. The average Bonchev–Trinajstić information content (AvgIpc) is 2.39. The summed E-state index contributed by atoms with van der Waals surface area (Å²) in [5, 5.41) is 13.5. The number of hydrogen-bond acceptors (Lipinski definition) is 4. The zero-order chi connectivity index (χ0) is 14.8. The Balaban J connectivity index is 0.00000220. The lowest BCUT2D eigenvalue weighted by Gasteiger charge is -2.36. The molecule has 0 saturated carbocycles. The van der Waals surface area contributed by atoms with Crippen LogP contribution in [0.1, 0.15) is 11.6 Å². The molecule has 0 unspecified atom stereocenters. The highest BCUT2D eigenvalue weighted by Gasteiger charge is 2.44. The number of halogens is 5. The van der Waals surface area contributed by atoms with Crippen LogP contribution in [-0.4, -0.2) is 42.2 Å². The average molecular weight is 362 g/mol. The van der Waals surface area contributed by atoms with Crippen molar-refractivity contribution in [3.8, 4) is 0 Å².